The number of esters is 1. The zero-order valence-corrected chi connectivity index (χ0v) is 20.7. The van der Waals surface area contributed by atoms with Gasteiger partial charge in [0.15, 0.2) is 6.61 Å². The van der Waals surface area contributed by atoms with Gasteiger partial charge >= 0.3 is 5.97 Å². The van der Waals surface area contributed by atoms with Gasteiger partial charge in [0.25, 0.3) is 5.91 Å². The largest absolute Gasteiger partial charge is 0.497 e. The molecule has 2 atom stereocenters. The Labute approximate surface area is 195 Å². The van der Waals surface area contributed by atoms with E-state index in [9.17, 15) is 18.0 Å². The van der Waals surface area contributed by atoms with E-state index in [1.807, 2.05) is 39.0 Å². The van der Waals surface area contributed by atoms with Crippen molar-refractivity contribution in [1.82, 2.24) is 10.0 Å². The molecule has 0 aliphatic heterocycles. The number of carbonyl (C=O) groups is 2. The molecular formula is C24H32N2O6S. The lowest BCUT2D eigenvalue weighted by molar-refractivity contribution is -0.151. The predicted octanol–water partition coefficient (Wildman–Crippen LogP) is 3.04. The maximum atomic E-state index is 12.7. The Morgan fingerprint density at radius 3 is 2.15 bits per heavy atom. The van der Waals surface area contributed by atoms with Gasteiger partial charge in [-0.05, 0) is 67.6 Å². The number of ether oxygens (including phenoxy) is 2. The maximum Gasteiger partial charge on any atom is 0.324 e. The van der Waals surface area contributed by atoms with E-state index in [2.05, 4.69) is 10.0 Å². The van der Waals surface area contributed by atoms with Crippen LogP contribution in [0, 0.1) is 19.8 Å². The topological polar surface area (TPSA) is 111 Å². The van der Waals surface area contributed by atoms with Gasteiger partial charge in [0.1, 0.15) is 11.8 Å². The van der Waals surface area contributed by atoms with Crippen LogP contribution >= 0.6 is 0 Å². The second-order valence-electron chi connectivity index (χ2n) is 8.26. The van der Waals surface area contributed by atoms with Gasteiger partial charge in [-0.3, -0.25) is 9.59 Å². The smallest absolute Gasteiger partial charge is 0.324 e. The Kier molecular flexibility index (Phi) is 9.01. The Bertz CT molecular complexity index is 1080. The Balaban J connectivity index is 1.98. The summed E-state index contributed by atoms with van der Waals surface area (Å²) in [6.07, 6.45) is 0. The summed E-state index contributed by atoms with van der Waals surface area (Å²) in [5.41, 5.74) is 3.21. The average molecular weight is 477 g/mol. The third kappa shape index (κ3) is 7.30. The van der Waals surface area contributed by atoms with E-state index in [0.29, 0.717) is 5.75 Å². The Hall–Kier alpha value is -2.91. The molecule has 2 N–H and O–H groups in total. The number of hydrogen-bond acceptors (Lipinski definition) is 6. The molecule has 1 unspecified atom stereocenters. The van der Waals surface area contributed by atoms with Crippen LogP contribution in [0.4, 0.5) is 0 Å². The first-order valence-electron chi connectivity index (χ1n) is 10.6. The Morgan fingerprint density at radius 2 is 1.61 bits per heavy atom. The first-order valence-corrected chi connectivity index (χ1v) is 12.1. The molecule has 8 nitrogen and oxygen atoms in total. The molecule has 0 saturated heterocycles. The second-order valence-corrected chi connectivity index (χ2v) is 9.97. The van der Waals surface area contributed by atoms with Crippen LogP contribution in [0.25, 0.3) is 0 Å². The van der Waals surface area contributed by atoms with Crippen LogP contribution in [0.3, 0.4) is 0 Å². The number of benzene rings is 2. The fourth-order valence-electron chi connectivity index (χ4n) is 3.07. The molecule has 0 bridgehead atoms. The summed E-state index contributed by atoms with van der Waals surface area (Å²) in [5, 5.41) is 2.78. The molecule has 0 spiro atoms. The van der Waals surface area contributed by atoms with Crippen molar-refractivity contribution < 1.29 is 27.5 Å². The van der Waals surface area contributed by atoms with Gasteiger partial charge in [0.05, 0.1) is 18.0 Å². The van der Waals surface area contributed by atoms with Crippen molar-refractivity contribution in [3.63, 3.8) is 0 Å². The van der Waals surface area contributed by atoms with Crippen LogP contribution in [0.15, 0.2) is 47.4 Å². The summed E-state index contributed by atoms with van der Waals surface area (Å²) in [6.45, 7) is 8.70. The Morgan fingerprint density at radius 1 is 0.970 bits per heavy atom. The van der Waals surface area contributed by atoms with E-state index in [1.165, 1.54) is 31.4 Å². The lowest BCUT2D eigenvalue weighted by Crippen LogP contribution is -2.46. The normalized spacial score (nSPS) is 13.3. The first-order chi connectivity index (χ1) is 15.4. The van der Waals surface area contributed by atoms with E-state index >= 15 is 0 Å². The number of nitrogens with one attached hydrogen (secondary N) is 2. The molecule has 0 aliphatic rings. The third-order valence-corrected chi connectivity index (χ3v) is 6.78. The summed E-state index contributed by atoms with van der Waals surface area (Å²) < 4.78 is 37.9. The highest BCUT2D eigenvalue weighted by Crippen LogP contribution is 2.18. The number of hydrogen-bond donors (Lipinski definition) is 2. The molecule has 0 radical (unpaired) electrons. The van der Waals surface area contributed by atoms with Gasteiger partial charge < -0.3 is 14.8 Å². The molecular weight excluding hydrogens is 444 g/mol. The van der Waals surface area contributed by atoms with Crippen molar-refractivity contribution in [2.75, 3.05) is 13.7 Å². The molecule has 33 heavy (non-hydrogen) atoms. The van der Waals surface area contributed by atoms with E-state index in [-0.39, 0.29) is 10.9 Å². The molecule has 0 saturated carbocycles. The van der Waals surface area contributed by atoms with Crippen LogP contribution in [-0.2, 0) is 24.3 Å². The van der Waals surface area contributed by atoms with Gasteiger partial charge in [-0.1, -0.05) is 32.0 Å². The number of aryl methyl sites for hydroxylation is 2. The highest BCUT2D eigenvalue weighted by molar-refractivity contribution is 7.89. The van der Waals surface area contributed by atoms with Crippen molar-refractivity contribution in [3.8, 4) is 5.75 Å². The van der Waals surface area contributed by atoms with E-state index in [1.54, 1.807) is 13.8 Å². The predicted molar refractivity (Wildman–Crippen MR) is 125 cm³/mol. The van der Waals surface area contributed by atoms with Crippen molar-refractivity contribution >= 4 is 21.9 Å². The molecule has 9 heteroatoms. The van der Waals surface area contributed by atoms with Crippen LogP contribution in [0.5, 0.6) is 5.75 Å². The fourth-order valence-corrected chi connectivity index (χ4v) is 4.41. The van der Waals surface area contributed by atoms with E-state index in [0.717, 1.165) is 16.7 Å². The van der Waals surface area contributed by atoms with Crippen molar-refractivity contribution in [1.29, 1.82) is 0 Å². The molecule has 0 fully saturated rings. The molecule has 1 amide bonds. The van der Waals surface area contributed by atoms with Gasteiger partial charge in [0, 0.05) is 0 Å². The van der Waals surface area contributed by atoms with Crippen molar-refractivity contribution in [2.24, 2.45) is 5.92 Å². The minimum Gasteiger partial charge on any atom is -0.497 e. The molecule has 0 aromatic heterocycles. The number of methoxy groups -OCH3 is 1. The van der Waals surface area contributed by atoms with E-state index < -0.39 is 40.5 Å². The summed E-state index contributed by atoms with van der Waals surface area (Å²) in [6, 6.07) is 10.3. The van der Waals surface area contributed by atoms with Crippen LogP contribution < -0.4 is 14.8 Å². The molecule has 0 aliphatic carbocycles. The van der Waals surface area contributed by atoms with Crippen LogP contribution in [-0.4, -0.2) is 40.1 Å². The number of carbonyl (C=O) groups excluding carboxylic acids is 2. The van der Waals surface area contributed by atoms with Crippen molar-refractivity contribution in [2.45, 2.75) is 51.6 Å². The fraction of sp³-hybridized carbons (Fsp3) is 0.417. The molecule has 0 heterocycles. The second kappa shape index (κ2) is 11.3. The summed E-state index contributed by atoms with van der Waals surface area (Å²) >= 11 is 0. The highest BCUT2D eigenvalue weighted by atomic mass is 32.2. The first kappa shape index (κ1) is 26.3. The molecule has 2 aromatic rings. The van der Waals surface area contributed by atoms with Crippen molar-refractivity contribution in [3.05, 3.63) is 59.2 Å². The summed E-state index contributed by atoms with van der Waals surface area (Å²) in [4.78, 5) is 24.9. The highest BCUT2D eigenvalue weighted by Gasteiger charge is 2.30. The number of rotatable bonds is 10. The number of sulfonamides is 1. The molecule has 180 valence electrons. The zero-order valence-electron chi connectivity index (χ0n) is 19.8. The number of amides is 1. The van der Waals surface area contributed by atoms with Gasteiger partial charge in [0.2, 0.25) is 10.0 Å². The summed E-state index contributed by atoms with van der Waals surface area (Å²) in [5.74, 6) is -1.19. The maximum absolute atomic E-state index is 12.7. The third-order valence-electron chi connectivity index (χ3n) is 5.33. The molecule has 2 aromatic carbocycles. The average Bonchev–Trinajstić information content (AvgIpc) is 2.77. The minimum atomic E-state index is -3.98. The van der Waals surface area contributed by atoms with Crippen LogP contribution in [0.1, 0.15) is 43.5 Å². The quantitative estimate of drug-likeness (QED) is 0.510. The SMILES string of the molecule is COc1ccc(S(=O)(=O)N[C@H](C(=O)OCC(=O)NC(C)c2ccc(C)c(C)c2)C(C)C)cc1. The van der Waals surface area contributed by atoms with Gasteiger partial charge in [-0.25, -0.2) is 8.42 Å². The standard InChI is InChI=1S/C24H32N2O6S/c1-15(2)23(26-33(29,30)21-11-9-20(31-6)10-12-21)24(28)32-14-22(27)25-18(5)19-8-7-16(3)17(4)13-19/h7-13,15,18,23,26H,14H2,1-6H3,(H,25,27)/t18?,23-/m0/s1. The summed E-state index contributed by atoms with van der Waals surface area (Å²) in [7, 11) is -2.51. The van der Waals surface area contributed by atoms with E-state index in [4.69, 9.17) is 9.47 Å². The van der Waals surface area contributed by atoms with Gasteiger partial charge in [-0.15, -0.1) is 0 Å². The monoisotopic (exact) mass is 476 g/mol. The minimum absolute atomic E-state index is 0.0123. The zero-order chi connectivity index (χ0) is 24.8. The van der Waals surface area contributed by atoms with Gasteiger partial charge in [-0.2, -0.15) is 4.72 Å². The molecule has 2 rings (SSSR count). The lowest BCUT2D eigenvalue weighted by Gasteiger charge is -2.21. The van der Waals surface area contributed by atoms with Crippen LogP contribution in [0.2, 0.25) is 0 Å². The lowest BCUT2D eigenvalue weighted by atomic mass is 10.0.